The van der Waals surface area contributed by atoms with Crippen LogP contribution in [0.4, 0.5) is 5.82 Å². The number of aliphatic hydroxyl groups is 1. The Labute approximate surface area is 98.1 Å². The van der Waals surface area contributed by atoms with Crippen LogP contribution < -0.4 is 4.90 Å². The summed E-state index contributed by atoms with van der Waals surface area (Å²) in [5, 5.41) is 9.38. The average Bonchev–Trinajstić information content (AvgIpc) is 2.28. The molecule has 3 heteroatoms. The number of anilines is 1. The van der Waals surface area contributed by atoms with Crippen molar-refractivity contribution in [3.63, 3.8) is 0 Å². The van der Waals surface area contributed by atoms with Gasteiger partial charge >= 0.3 is 0 Å². The fraction of sp³-hybridized carbons (Fsp3) is 0.615. The van der Waals surface area contributed by atoms with Crippen LogP contribution in [0.1, 0.15) is 38.9 Å². The molecule has 0 aliphatic rings. The van der Waals surface area contributed by atoms with Crippen LogP contribution in [-0.4, -0.2) is 23.7 Å². The maximum Gasteiger partial charge on any atom is 0.128 e. The number of aromatic nitrogens is 1. The zero-order valence-corrected chi connectivity index (χ0v) is 10.6. The first-order valence-corrected chi connectivity index (χ1v) is 5.89. The highest BCUT2D eigenvalue weighted by atomic mass is 16.3. The van der Waals surface area contributed by atoms with Crippen LogP contribution in [-0.2, 0) is 0 Å². The van der Waals surface area contributed by atoms with Crippen molar-refractivity contribution < 1.29 is 5.11 Å². The maximum atomic E-state index is 9.38. The Bertz CT molecular complexity index is 308. The van der Waals surface area contributed by atoms with Crippen LogP contribution in [0.3, 0.4) is 0 Å². The summed E-state index contributed by atoms with van der Waals surface area (Å²) in [5.41, 5.74) is 0.862. The summed E-state index contributed by atoms with van der Waals surface area (Å²) in [6.07, 6.45) is 2.48. The van der Waals surface area contributed by atoms with Gasteiger partial charge in [0.1, 0.15) is 5.82 Å². The second-order valence-corrected chi connectivity index (χ2v) is 4.52. The van der Waals surface area contributed by atoms with Gasteiger partial charge in [-0.3, -0.25) is 0 Å². The molecular formula is C13H22N2O. The van der Waals surface area contributed by atoms with Crippen LogP contribution in [0, 0.1) is 5.92 Å². The first-order chi connectivity index (χ1) is 7.54. The van der Waals surface area contributed by atoms with Crippen molar-refractivity contribution in [2.24, 2.45) is 5.92 Å². The molecule has 0 aromatic carbocycles. The summed E-state index contributed by atoms with van der Waals surface area (Å²) >= 11 is 0. The average molecular weight is 222 g/mol. The van der Waals surface area contributed by atoms with E-state index < -0.39 is 6.10 Å². The number of pyridine rings is 1. The lowest BCUT2D eigenvalue weighted by molar-refractivity contribution is 0.199. The Morgan fingerprint density at radius 3 is 2.50 bits per heavy atom. The molecule has 0 spiro atoms. The Morgan fingerprint density at radius 1 is 1.38 bits per heavy atom. The summed E-state index contributed by atoms with van der Waals surface area (Å²) in [5.74, 6) is 1.63. The molecular weight excluding hydrogens is 200 g/mol. The van der Waals surface area contributed by atoms with E-state index in [0.29, 0.717) is 5.92 Å². The van der Waals surface area contributed by atoms with Gasteiger partial charge in [0.25, 0.3) is 0 Å². The molecule has 1 aromatic heterocycles. The molecule has 0 bridgehead atoms. The van der Waals surface area contributed by atoms with Gasteiger partial charge in [0.05, 0.1) is 6.10 Å². The molecule has 1 heterocycles. The second kappa shape index (κ2) is 5.85. The van der Waals surface area contributed by atoms with Gasteiger partial charge in [0.15, 0.2) is 0 Å². The predicted molar refractivity (Wildman–Crippen MR) is 67.6 cm³/mol. The number of nitrogens with zero attached hydrogens (tertiary/aromatic N) is 2. The molecule has 0 fully saturated rings. The predicted octanol–water partition coefficient (Wildman–Crippen LogP) is 2.62. The Kier molecular flexibility index (Phi) is 4.74. The molecule has 0 aliphatic carbocycles. The number of hydrogen-bond donors (Lipinski definition) is 1. The van der Waals surface area contributed by atoms with Gasteiger partial charge in [0.2, 0.25) is 0 Å². The molecule has 0 radical (unpaired) electrons. The lowest BCUT2D eigenvalue weighted by Gasteiger charge is -2.22. The minimum Gasteiger partial charge on any atom is -0.389 e. The van der Waals surface area contributed by atoms with E-state index in [9.17, 15) is 5.11 Å². The monoisotopic (exact) mass is 222 g/mol. The number of rotatable bonds is 5. The van der Waals surface area contributed by atoms with Gasteiger partial charge in [-0.2, -0.15) is 0 Å². The molecule has 90 valence electrons. The van der Waals surface area contributed by atoms with Crippen molar-refractivity contribution in [3.8, 4) is 0 Å². The van der Waals surface area contributed by atoms with Crippen molar-refractivity contribution in [1.82, 2.24) is 4.98 Å². The fourth-order valence-electron chi connectivity index (χ4n) is 1.56. The van der Waals surface area contributed by atoms with Crippen LogP contribution in [0.2, 0.25) is 0 Å². The Hall–Kier alpha value is -1.09. The first-order valence-electron chi connectivity index (χ1n) is 5.89. The summed E-state index contributed by atoms with van der Waals surface area (Å²) in [7, 11) is 2.05. The van der Waals surface area contributed by atoms with Crippen molar-refractivity contribution >= 4 is 5.82 Å². The standard InChI is InChI=1S/C13H22N2O/c1-5-10(2)9-15(4)13-7-6-12(8-14-13)11(3)16/h6-8,10-11,16H,5,9H2,1-4H3. The molecule has 16 heavy (non-hydrogen) atoms. The van der Waals surface area contributed by atoms with Gasteiger partial charge in [-0.05, 0) is 24.5 Å². The third kappa shape index (κ3) is 3.49. The summed E-state index contributed by atoms with van der Waals surface area (Å²) in [6, 6.07) is 3.89. The van der Waals surface area contributed by atoms with Gasteiger partial charge in [0, 0.05) is 19.8 Å². The number of aliphatic hydroxyl groups excluding tert-OH is 1. The Morgan fingerprint density at radius 2 is 2.06 bits per heavy atom. The van der Waals surface area contributed by atoms with Crippen molar-refractivity contribution in [1.29, 1.82) is 0 Å². The highest BCUT2D eigenvalue weighted by Crippen LogP contribution is 2.16. The van der Waals surface area contributed by atoms with E-state index in [1.54, 1.807) is 13.1 Å². The molecule has 3 nitrogen and oxygen atoms in total. The van der Waals surface area contributed by atoms with E-state index in [2.05, 4.69) is 30.8 Å². The van der Waals surface area contributed by atoms with Crippen LogP contribution in [0.5, 0.6) is 0 Å². The van der Waals surface area contributed by atoms with E-state index in [-0.39, 0.29) is 0 Å². The molecule has 0 saturated carbocycles. The molecule has 0 saturated heterocycles. The number of hydrogen-bond acceptors (Lipinski definition) is 3. The topological polar surface area (TPSA) is 36.4 Å². The van der Waals surface area contributed by atoms with Crippen molar-refractivity contribution in [2.75, 3.05) is 18.5 Å². The summed E-state index contributed by atoms with van der Waals surface area (Å²) < 4.78 is 0. The normalized spacial score (nSPS) is 14.6. The summed E-state index contributed by atoms with van der Waals surface area (Å²) in [4.78, 5) is 6.51. The van der Waals surface area contributed by atoms with Crippen LogP contribution in [0.15, 0.2) is 18.3 Å². The highest BCUT2D eigenvalue weighted by Gasteiger charge is 2.07. The smallest absolute Gasteiger partial charge is 0.128 e. The highest BCUT2D eigenvalue weighted by molar-refractivity contribution is 5.38. The molecule has 0 aliphatic heterocycles. The minimum absolute atomic E-state index is 0.443. The molecule has 1 N–H and O–H groups in total. The van der Waals surface area contributed by atoms with E-state index in [1.807, 2.05) is 12.1 Å². The van der Waals surface area contributed by atoms with Gasteiger partial charge < -0.3 is 10.0 Å². The van der Waals surface area contributed by atoms with E-state index in [0.717, 1.165) is 17.9 Å². The molecule has 2 atom stereocenters. The van der Waals surface area contributed by atoms with Crippen molar-refractivity contribution in [2.45, 2.75) is 33.3 Å². The Balaban J connectivity index is 2.66. The SMILES string of the molecule is CCC(C)CN(C)c1ccc(C(C)O)cn1. The zero-order chi connectivity index (χ0) is 12.1. The third-order valence-corrected chi connectivity index (χ3v) is 2.93. The van der Waals surface area contributed by atoms with E-state index in [1.165, 1.54) is 6.42 Å². The quantitative estimate of drug-likeness (QED) is 0.832. The van der Waals surface area contributed by atoms with Gasteiger partial charge in [-0.1, -0.05) is 26.3 Å². The van der Waals surface area contributed by atoms with Crippen LogP contribution in [0.25, 0.3) is 0 Å². The summed E-state index contributed by atoms with van der Waals surface area (Å²) in [6.45, 7) is 7.19. The molecule has 2 unspecified atom stereocenters. The van der Waals surface area contributed by atoms with E-state index >= 15 is 0 Å². The zero-order valence-electron chi connectivity index (χ0n) is 10.6. The lowest BCUT2D eigenvalue weighted by atomic mass is 10.1. The van der Waals surface area contributed by atoms with Crippen LogP contribution >= 0.6 is 0 Å². The largest absolute Gasteiger partial charge is 0.389 e. The first kappa shape index (κ1) is 13.0. The molecule has 1 aromatic rings. The molecule has 0 amide bonds. The lowest BCUT2D eigenvalue weighted by Crippen LogP contribution is -2.24. The van der Waals surface area contributed by atoms with Gasteiger partial charge in [-0.25, -0.2) is 4.98 Å². The third-order valence-electron chi connectivity index (χ3n) is 2.93. The fourth-order valence-corrected chi connectivity index (χ4v) is 1.56. The van der Waals surface area contributed by atoms with Crippen molar-refractivity contribution in [3.05, 3.63) is 23.9 Å². The van der Waals surface area contributed by atoms with Gasteiger partial charge in [-0.15, -0.1) is 0 Å². The van der Waals surface area contributed by atoms with E-state index in [4.69, 9.17) is 0 Å². The maximum absolute atomic E-state index is 9.38. The second-order valence-electron chi connectivity index (χ2n) is 4.52. The minimum atomic E-state index is -0.443. The molecule has 1 rings (SSSR count).